The number of hydrogen-bond acceptors (Lipinski definition) is 4. The Kier molecular flexibility index (Phi) is 8.19. The van der Waals surface area contributed by atoms with Crippen LogP contribution in [0.25, 0.3) is 0 Å². The maximum Gasteiger partial charge on any atom is 0.313 e. The summed E-state index contributed by atoms with van der Waals surface area (Å²) in [6.45, 7) is 3.74. The Morgan fingerprint density at radius 2 is 1.93 bits per heavy atom. The monoisotopic (exact) mass is 433 g/mol. The maximum atomic E-state index is 13.1. The van der Waals surface area contributed by atoms with Crippen molar-refractivity contribution in [3.8, 4) is 0 Å². The van der Waals surface area contributed by atoms with Crippen LogP contribution in [0.4, 0.5) is 10.1 Å². The molecule has 1 aliphatic heterocycles. The van der Waals surface area contributed by atoms with Crippen LogP contribution in [0.3, 0.4) is 0 Å². The van der Waals surface area contributed by atoms with Gasteiger partial charge in [-0.2, -0.15) is 0 Å². The molecule has 1 heterocycles. The molecule has 1 unspecified atom stereocenters. The van der Waals surface area contributed by atoms with Gasteiger partial charge in [-0.15, -0.1) is 0 Å². The molecule has 2 aromatic carbocycles. The molecule has 0 aromatic heterocycles. The lowest BCUT2D eigenvalue weighted by Gasteiger charge is -2.33. The number of amides is 2. The van der Waals surface area contributed by atoms with Crippen LogP contribution in [-0.2, 0) is 14.3 Å². The van der Waals surface area contributed by atoms with Gasteiger partial charge in [0.2, 0.25) is 0 Å². The minimum Gasteiger partial charge on any atom is -0.371 e. The molecule has 1 aliphatic rings. The quantitative estimate of drug-likeness (QED) is 0.518. The molecule has 0 aliphatic carbocycles. The molecule has 2 N–H and O–H groups in total. The summed E-state index contributed by atoms with van der Waals surface area (Å²) in [4.78, 5) is 26.2. The number of unbranched alkanes of at least 4 members (excludes halogenated alkanes) is 1. The third kappa shape index (κ3) is 6.52. The van der Waals surface area contributed by atoms with Gasteiger partial charge in [-0.3, -0.25) is 14.5 Å². The smallest absolute Gasteiger partial charge is 0.313 e. The van der Waals surface area contributed by atoms with Gasteiger partial charge >= 0.3 is 11.8 Å². The third-order valence-corrected chi connectivity index (χ3v) is 5.18. The van der Waals surface area contributed by atoms with Crippen molar-refractivity contribution < 1.29 is 18.7 Å². The summed E-state index contributed by atoms with van der Waals surface area (Å²) in [6, 6.07) is 13.9. The number of ether oxygens (including phenoxy) is 1. The lowest BCUT2D eigenvalue weighted by atomic mass is 10.1. The van der Waals surface area contributed by atoms with E-state index in [4.69, 9.17) is 16.3 Å². The van der Waals surface area contributed by atoms with Crippen molar-refractivity contribution in [2.24, 2.45) is 0 Å². The standard InChI is InChI=1S/C22H25ClFN3O3/c23-18-14-17(8-9-19(18)24)26-22(29)21(28)25-10-4-5-11-27-12-13-30-20(15-27)16-6-2-1-3-7-16/h1-3,6-9,14,20H,4-5,10-13,15H2,(H,25,28)(H,26,29). The molecule has 0 bridgehead atoms. The average Bonchev–Trinajstić information content (AvgIpc) is 2.76. The number of halogens is 2. The molecular formula is C22H25ClFN3O3. The SMILES string of the molecule is O=C(NCCCCN1CCOC(c2ccccc2)C1)C(=O)Nc1ccc(F)c(Cl)c1. The second kappa shape index (κ2) is 11.1. The van der Waals surface area contributed by atoms with E-state index in [-0.39, 0.29) is 16.8 Å². The van der Waals surface area contributed by atoms with Crippen LogP contribution in [0.15, 0.2) is 48.5 Å². The predicted octanol–water partition coefficient (Wildman–Crippen LogP) is 3.39. The van der Waals surface area contributed by atoms with E-state index in [0.29, 0.717) is 13.2 Å². The van der Waals surface area contributed by atoms with Crippen LogP contribution >= 0.6 is 11.6 Å². The van der Waals surface area contributed by atoms with Gasteiger partial charge in [-0.1, -0.05) is 41.9 Å². The normalized spacial score (nSPS) is 16.8. The molecule has 0 spiro atoms. The number of nitrogens with one attached hydrogen (secondary N) is 2. The fraction of sp³-hybridized carbons (Fsp3) is 0.364. The van der Waals surface area contributed by atoms with E-state index in [1.165, 1.54) is 17.7 Å². The van der Waals surface area contributed by atoms with Gasteiger partial charge in [0.15, 0.2) is 0 Å². The molecule has 0 saturated carbocycles. The van der Waals surface area contributed by atoms with Crippen molar-refractivity contribution in [2.75, 3.05) is 38.1 Å². The van der Waals surface area contributed by atoms with Crippen LogP contribution in [-0.4, -0.2) is 49.5 Å². The molecule has 160 valence electrons. The number of anilines is 1. The zero-order chi connectivity index (χ0) is 21.3. The number of nitrogens with zero attached hydrogens (tertiary/aromatic N) is 1. The van der Waals surface area contributed by atoms with Gasteiger partial charge in [0.25, 0.3) is 0 Å². The predicted molar refractivity (Wildman–Crippen MR) is 114 cm³/mol. The first-order valence-electron chi connectivity index (χ1n) is 9.96. The molecule has 1 fully saturated rings. The number of rotatable bonds is 7. The Hall–Kier alpha value is -2.48. The average molecular weight is 434 g/mol. The molecule has 1 saturated heterocycles. The molecule has 0 radical (unpaired) electrons. The Bertz CT molecular complexity index is 866. The third-order valence-electron chi connectivity index (χ3n) is 4.89. The zero-order valence-corrected chi connectivity index (χ0v) is 17.3. The molecule has 2 amide bonds. The lowest BCUT2D eigenvalue weighted by molar-refractivity contribution is -0.136. The lowest BCUT2D eigenvalue weighted by Crippen LogP contribution is -2.39. The van der Waals surface area contributed by atoms with Crippen LogP contribution in [0.1, 0.15) is 24.5 Å². The minimum absolute atomic E-state index is 0.0864. The summed E-state index contributed by atoms with van der Waals surface area (Å²) in [5.74, 6) is -2.13. The summed E-state index contributed by atoms with van der Waals surface area (Å²) >= 11 is 5.66. The number of carbonyl (C=O) groups is 2. The highest BCUT2D eigenvalue weighted by molar-refractivity contribution is 6.39. The van der Waals surface area contributed by atoms with Gasteiger partial charge in [-0.25, -0.2) is 4.39 Å². The first-order valence-corrected chi connectivity index (χ1v) is 10.3. The summed E-state index contributed by atoms with van der Waals surface area (Å²) in [5.41, 5.74) is 1.45. The fourth-order valence-corrected chi connectivity index (χ4v) is 3.46. The van der Waals surface area contributed by atoms with Gasteiger partial charge in [0.05, 0.1) is 17.7 Å². The van der Waals surface area contributed by atoms with Crippen molar-refractivity contribution in [2.45, 2.75) is 18.9 Å². The van der Waals surface area contributed by atoms with Gasteiger partial charge in [0, 0.05) is 25.3 Å². The second-order valence-electron chi connectivity index (χ2n) is 7.12. The highest BCUT2D eigenvalue weighted by Gasteiger charge is 2.21. The molecule has 2 aromatic rings. The van der Waals surface area contributed by atoms with E-state index >= 15 is 0 Å². The van der Waals surface area contributed by atoms with Gasteiger partial charge in [0.1, 0.15) is 5.82 Å². The van der Waals surface area contributed by atoms with E-state index in [2.05, 4.69) is 27.7 Å². The molecule has 6 nitrogen and oxygen atoms in total. The number of benzene rings is 2. The molecule has 1 atom stereocenters. The van der Waals surface area contributed by atoms with Crippen molar-refractivity contribution in [1.82, 2.24) is 10.2 Å². The summed E-state index contributed by atoms with van der Waals surface area (Å²) in [6.07, 6.45) is 1.74. The van der Waals surface area contributed by atoms with E-state index in [1.54, 1.807) is 0 Å². The Morgan fingerprint density at radius 3 is 2.70 bits per heavy atom. The topological polar surface area (TPSA) is 70.7 Å². The first kappa shape index (κ1) is 22.2. The first-order chi connectivity index (χ1) is 14.5. The Labute approximate surface area is 180 Å². The van der Waals surface area contributed by atoms with Crippen LogP contribution < -0.4 is 10.6 Å². The van der Waals surface area contributed by atoms with Crippen LogP contribution in [0.5, 0.6) is 0 Å². The van der Waals surface area contributed by atoms with E-state index < -0.39 is 17.6 Å². The van der Waals surface area contributed by atoms with Crippen molar-refractivity contribution in [3.63, 3.8) is 0 Å². The van der Waals surface area contributed by atoms with Gasteiger partial charge < -0.3 is 15.4 Å². The molecular weight excluding hydrogens is 409 g/mol. The fourth-order valence-electron chi connectivity index (χ4n) is 3.28. The Morgan fingerprint density at radius 1 is 1.13 bits per heavy atom. The van der Waals surface area contributed by atoms with Gasteiger partial charge in [-0.05, 0) is 43.1 Å². The van der Waals surface area contributed by atoms with Crippen LogP contribution in [0.2, 0.25) is 5.02 Å². The summed E-state index contributed by atoms with van der Waals surface area (Å²) in [7, 11) is 0. The van der Waals surface area contributed by atoms with Crippen LogP contribution in [0, 0.1) is 5.82 Å². The number of carbonyl (C=O) groups excluding carboxylic acids is 2. The van der Waals surface area contributed by atoms with Crippen molar-refractivity contribution in [3.05, 3.63) is 64.9 Å². The zero-order valence-electron chi connectivity index (χ0n) is 16.6. The maximum absolute atomic E-state index is 13.1. The second-order valence-corrected chi connectivity index (χ2v) is 7.52. The summed E-state index contributed by atoms with van der Waals surface area (Å²) < 4.78 is 19.0. The van der Waals surface area contributed by atoms with E-state index in [1.807, 2.05) is 18.2 Å². The van der Waals surface area contributed by atoms with Crippen molar-refractivity contribution >= 4 is 29.1 Å². The molecule has 3 rings (SSSR count). The Balaban J connectivity index is 1.33. The number of hydrogen-bond donors (Lipinski definition) is 2. The van der Waals surface area contributed by atoms with E-state index in [0.717, 1.165) is 38.5 Å². The minimum atomic E-state index is -0.809. The number of morpholine rings is 1. The van der Waals surface area contributed by atoms with Crippen molar-refractivity contribution in [1.29, 1.82) is 0 Å². The van der Waals surface area contributed by atoms with E-state index in [9.17, 15) is 14.0 Å². The highest BCUT2D eigenvalue weighted by atomic mass is 35.5. The highest BCUT2D eigenvalue weighted by Crippen LogP contribution is 2.22. The molecule has 30 heavy (non-hydrogen) atoms. The summed E-state index contributed by atoms with van der Waals surface area (Å²) in [5, 5.41) is 4.88. The molecule has 8 heteroatoms. The largest absolute Gasteiger partial charge is 0.371 e.